The molecule has 0 spiro atoms. The van der Waals surface area contributed by atoms with E-state index in [4.69, 9.17) is 0 Å². The second kappa shape index (κ2) is 7.26. The Morgan fingerprint density at radius 2 is 1.86 bits per heavy atom. The zero-order valence-corrected chi connectivity index (χ0v) is 13.5. The van der Waals surface area contributed by atoms with Gasteiger partial charge < -0.3 is 15.1 Å². The number of likely N-dealkylation sites (N-methyl/N-ethyl adjacent to an activating group) is 1. The Balaban J connectivity index is 1.95. The van der Waals surface area contributed by atoms with E-state index in [0.29, 0.717) is 25.2 Å². The average Bonchev–Trinajstić information content (AvgIpc) is 2.55. The fourth-order valence-corrected chi connectivity index (χ4v) is 2.49. The van der Waals surface area contributed by atoms with Crippen molar-refractivity contribution in [3.63, 3.8) is 0 Å². The van der Waals surface area contributed by atoms with Gasteiger partial charge >= 0.3 is 0 Å². The van der Waals surface area contributed by atoms with E-state index >= 15 is 0 Å². The summed E-state index contributed by atoms with van der Waals surface area (Å²) in [5.41, 5.74) is 1.73. The molecule has 1 aromatic carbocycles. The molecule has 6 nitrogen and oxygen atoms in total. The smallest absolute Gasteiger partial charge is 0.254 e. The second-order valence-corrected chi connectivity index (χ2v) is 5.69. The molecule has 0 unspecified atom stereocenters. The van der Waals surface area contributed by atoms with Crippen LogP contribution in [-0.4, -0.2) is 75.5 Å². The summed E-state index contributed by atoms with van der Waals surface area (Å²) in [6, 6.07) is 7.66. The summed E-state index contributed by atoms with van der Waals surface area (Å²) < 4.78 is 0. The van der Waals surface area contributed by atoms with Gasteiger partial charge in [-0.2, -0.15) is 0 Å². The number of amides is 2. The Morgan fingerprint density at radius 3 is 2.45 bits per heavy atom. The Morgan fingerprint density at radius 1 is 1.18 bits per heavy atom. The molecule has 1 N–H and O–H groups in total. The van der Waals surface area contributed by atoms with Crippen molar-refractivity contribution < 1.29 is 9.59 Å². The number of carbonyl (C=O) groups is 2. The fraction of sp³-hybridized carbons (Fsp3) is 0.500. The van der Waals surface area contributed by atoms with Crippen molar-refractivity contribution in [3.8, 4) is 0 Å². The highest BCUT2D eigenvalue weighted by Crippen LogP contribution is 2.16. The molecule has 1 aromatic rings. The van der Waals surface area contributed by atoms with Gasteiger partial charge in [-0.05, 0) is 18.2 Å². The monoisotopic (exact) mass is 304 g/mol. The third kappa shape index (κ3) is 3.98. The first kappa shape index (κ1) is 16.3. The maximum Gasteiger partial charge on any atom is 0.254 e. The topological polar surface area (TPSA) is 55.9 Å². The summed E-state index contributed by atoms with van der Waals surface area (Å²) in [6.07, 6.45) is 0. The van der Waals surface area contributed by atoms with Gasteiger partial charge in [0, 0.05) is 58.6 Å². The Kier molecular flexibility index (Phi) is 5.38. The van der Waals surface area contributed by atoms with Crippen LogP contribution in [0.2, 0.25) is 0 Å². The van der Waals surface area contributed by atoms with E-state index < -0.39 is 0 Å². The third-order valence-electron chi connectivity index (χ3n) is 3.92. The molecule has 0 radical (unpaired) electrons. The number of benzene rings is 1. The Labute approximate surface area is 131 Å². The number of hydrogen-bond acceptors (Lipinski definition) is 4. The van der Waals surface area contributed by atoms with Crippen LogP contribution >= 0.6 is 0 Å². The van der Waals surface area contributed by atoms with Crippen molar-refractivity contribution in [1.29, 1.82) is 0 Å². The maximum atomic E-state index is 12.6. The summed E-state index contributed by atoms with van der Waals surface area (Å²) in [5.74, 6) is 0.0711. The highest BCUT2D eigenvalue weighted by Gasteiger charge is 2.23. The number of nitrogens with one attached hydrogen (secondary N) is 1. The van der Waals surface area contributed by atoms with E-state index in [1.165, 1.54) is 0 Å². The lowest BCUT2D eigenvalue weighted by Crippen LogP contribution is -2.50. The molecule has 2 rings (SSSR count). The first-order chi connectivity index (χ1) is 10.5. The van der Waals surface area contributed by atoms with Crippen LogP contribution in [0.3, 0.4) is 0 Å². The summed E-state index contributed by atoms with van der Waals surface area (Å²) in [7, 11) is 5.56. The van der Waals surface area contributed by atoms with Crippen LogP contribution in [0.5, 0.6) is 0 Å². The van der Waals surface area contributed by atoms with Gasteiger partial charge in [-0.25, -0.2) is 0 Å². The Hall–Kier alpha value is -2.08. The molecule has 0 bridgehead atoms. The van der Waals surface area contributed by atoms with Gasteiger partial charge in [-0.3, -0.25) is 14.5 Å². The van der Waals surface area contributed by atoms with Gasteiger partial charge in [-0.1, -0.05) is 6.07 Å². The summed E-state index contributed by atoms with van der Waals surface area (Å²) in [6.45, 7) is 3.16. The van der Waals surface area contributed by atoms with Gasteiger partial charge in [-0.15, -0.1) is 0 Å². The molecule has 0 saturated carbocycles. The number of rotatable bonds is 4. The number of anilines is 1. The highest BCUT2D eigenvalue weighted by molar-refractivity contribution is 5.95. The zero-order chi connectivity index (χ0) is 16.1. The van der Waals surface area contributed by atoms with Gasteiger partial charge in [0.1, 0.15) is 0 Å². The molecule has 1 fully saturated rings. The molecule has 0 aliphatic carbocycles. The van der Waals surface area contributed by atoms with Gasteiger partial charge in [0.2, 0.25) is 5.91 Å². The molecule has 1 aliphatic heterocycles. The van der Waals surface area contributed by atoms with Crippen LogP contribution in [-0.2, 0) is 4.79 Å². The molecule has 1 aliphatic rings. The van der Waals surface area contributed by atoms with Crippen molar-refractivity contribution in [2.75, 3.05) is 58.8 Å². The summed E-state index contributed by atoms with van der Waals surface area (Å²) >= 11 is 0. The molecule has 120 valence electrons. The average molecular weight is 304 g/mol. The van der Waals surface area contributed by atoms with E-state index in [1.54, 1.807) is 7.05 Å². The van der Waals surface area contributed by atoms with Crippen LogP contribution in [0.1, 0.15) is 10.4 Å². The zero-order valence-electron chi connectivity index (χ0n) is 13.5. The number of carbonyl (C=O) groups excluding carboxylic acids is 2. The van der Waals surface area contributed by atoms with E-state index in [2.05, 4.69) is 10.2 Å². The lowest BCUT2D eigenvalue weighted by atomic mass is 10.1. The van der Waals surface area contributed by atoms with Gasteiger partial charge in [0.25, 0.3) is 5.91 Å². The largest absolute Gasteiger partial charge is 0.378 e. The van der Waals surface area contributed by atoms with E-state index in [1.807, 2.05) is 48.2 Å². The minimum Gasteiger partial charge on any atom is -0.378 e. The molecule has 6 heteroatoms. The van der Waals surface area contributed by atoms with E-state index in [9.17, 15) is 9.59 Å². The van der Waals surface area contributed by atoms with Crippen molar-refractivity contribution in [1.82, 2.24) is 15.1 Å². The molecule has 2 amide bonds. The molecular weight excluding hydrogens is 280 g/mol. The first-order valence-electron chi connectivity index (χ1n) is 7.51. The second-order valence-electron chi connectivity index (χ2n) is 5.69. The summed E-state index contributed by atoms with van der Waals surface area (Å²) in [4.78, 5) is 29.9. The fourth-order valence-electron chi connectivity index (χ4n) is 2.49. The predicted octanol–water partition coefficient (Wildman–Crippen LogP) is 0.256. The first-order valence-corrected chi connectivity index (χ1v) is 7.51. The molecule has 1 saturated heterocycles. The minimum atomic E-state index is 0.0125. The van der Waals surface area contributed by atoms with Crippen molar-refractivity contribution in [2.24, 2.45) is 0 Å². The van der Waals surface area contributed by atoms with Crippen LogP contribution < -0.4 is 10.2 Å². The van der Waals surface area contributed by atoms with Gasteiger partial charge in [0.05, 0.1) is 6.54 Å². The normalized spacial score (nSPS) is 15.5. The predicted molar refractivity (Wildman–Crippen MR) is 87.2 cm³/mol. The lowest BCUT2D eigenvalue weighted by Gasteiger charge is -2.34. The molecule has 0 aromatic heterocycles. The minimum absolute atomic E-state index is 0.0125. The van der Waals surface area contributed by atoms with E-state index in [-0.39, 0.29) is 11.8 Å². The Bertz CT molecular complexity index is 537. The van der Waals surface area contributed by atoms with Crippen LogP contribution in [0, 0.1) is 0 Å². The third-order valence-corrected chi connectivity index (χ3v) is 3.92. The molecule has 0 atom stereocenters. The van der Waals surface area contributed by atoms with Crippen molar-refractivity contribution in [2.45, 2.75) is 0 Å². The van der Waals surface area contributed by atoms with Crippen LogP contribution in [0.15, 0.2) is 24.3 Å². The molecular formula is C16H24N4O2. The number of piperazine rings is 1. The maximum absolute atomic E-state index is 12.6. The van der Waals surface area contributed by atoms with E-state index in [0.717, 1.165) is 18.8 Å². The van der Waals surface area contributed by atoms with Crippen molar-refractivity contribution in [3.05, 3.63) is 29.8 Å². The summed E-state index contributed by atoms with van der Waals surface area (Å²) in [5, 5.41) is 2.62. The van der Waals surface area contributed by atoms with Crippen LogP contribution in [0.4, 0.5) is 5.69 Å². The molecule has 22 heavy (non-hydrogen) atoms. The highest BCUT2D eigenvalue weighted by atomic mass is 16.2. The quantitative estimate of drug-likeness (QED) is 0.867. The van der Waals surface area contributed by atoms with Crippen molar-refractivity contribution >= 4 is 17.5 Å². The lowest BCUT2D eigenvalue weighted by molar-refractivity contribution is -0.122. The molecule has 1 heterocycles. The standard InChI is InChI=1S/C16H24N4O2/c1-17-15(21)12-19-7-9-20(10-8-19)16(22)13-5-4-6-14(11-13)18(2)3/h4-6,11H,7-10,12H2,1-3H3,(H,17,21). The number of nitrogens with zero attached hydrogens (tertiary/aromatic N) is 3. The number of hydrogen-bond donors (Lipinski definition) is 1. The SMILES string of the molecule is CNC(=O)CN1CCN(C(=O)c2cccc(N(C)C)c2)CC1. The van der Waals surface area contributed by atoms with Crippen LogP contribution in [0.25, 0.3) is 0 Å². The van der Waals surface area contributed by atoms with Gasteiger partial charge in [0.15, 0.2) is 0 Å².